The zero-order chi connectivity index (χ0) is 11.9. The fraction of sp³-hybridized carbons (Fsp3) is 0.545. The van der Waals surface area contributed by atoms with Crippen molar-refractivity contribution < 1.29 is 13.3 Å². The molecular weight excluding hydrogens is 222 g/mol. The van der Waals surface area contributed by atoms with Gasteiger partial charge in [0.05, 0.1) is 0 Å². The van der Waals surface area contributed by atoms with Crippen molar-refractivity contribution in [2.45, 2.75) is 18.9 Å². The molecule has 0 radical (unpaired) electrons. The summed E-state index contributed by atoms with van der Waals surface area (Å²) in [5.74, 6) is 0. The lowest BCUT2D eigenvalue weighted by Crippen LogP contribution is -2.42. The van der Waals surface area contributed by atoms with E-state index in [0.29, 0.717) is 0 Å². The van der Waals surface area contributed by atoms with Gasteiger partial charge in [0.2, 0.25) is 0 Å². The monoisotopic (exact) mass is 241 g/mol. The van der Waals surface area contributed by atoms with E-state index >= 15 is 0 Å². The van der Waals surface area contributed by atoms with Crippen LogP contribution in [0, 0.1) is 0 Å². The van der Waals surface area contributed by atoms with Crippen LogP contribution in [0.25, 0.3) is 0 Å². The van der Waals surface area contributed by atoms with Crippen molar-refractivity contribution in [2.75, 3.05) is 21.3 Å². The molecule has 1 aromatic heterocycles. The van der Waals surface area contributed by atoms with E-state index in [4.69, 9.17) is 13.3 Å². The van der Waals surface area contributed by atoms with Crippen LogP contribution in [0.2, 0.25) is 6.04 Å². The molecule has 0 saturated heterocycles. The van der Waals surface area contributed by atoms with Crippen molar-refractivity contribution in [1.82, 2.24) is 4.98 Å². The van der Waals surface area contributed by atoms with Crippen molar-refractivity contribution in [2.24, 2.45) is 0 Å². The lowest BCUT2D eigenvalue weighted by molar-refractivity contribution is 0.123. The van der Waals surface area contributed by atoms with Crippen LogP contribution in [-0.4, -0.2) is 35.1 Å². The highest BCUT2D eigenvalue weighted by molar-refractivity contribution is 6.60. The molecule has 1 aromatic rings. The third-order valence-corrected chi connectivity index (χ3v) is 5.44. The smallest absolute Gasteiger partial charge is 0.377 e. The second-order valence-corrected chi connectivity index (χ2v) is 6.60. The Labute approximate surface area is 97.9 Å². The van der Waals surface area contributed by atoms with Gasteiger partial charge in [-0.25, -0.2) is 0 Å². The Morgan fingerprint density at radius 1 is 1.19 bits per heavy atom. The average Bonchev–Trinajstić information content (AvgIpc) is 2.37. The maximum absolute atomic E-state index is 5.35. The summed E-state index contributed by atoms with van der Waals surface area (Å²) in [4.78, 5) is 4.08. The minimum absolute atomic E-state index is 0.825. The molecule has 0 aliphatic carbocycles. The topological polar surface area (TPSA) is 40.6 Å². The van der Waals surface area contributed by atoms with E-state index in [0.717, 1.165) is 18.9 Å². The highest BCUT2D eigenvalue weighted by Gasteiger charge is 2.36. The van der Waals surface area contributed by atoms with E-state index in [2.05, 4.69) is 11.1 Å². The molecule has 0 atom stereocenters. The van der Waals surface area contributed by atoms with Gasteiger partial charge in [-0.3, -0.25) is 4.98 Å². The maximum Gasteiger partial charge on any atom is 0.500 e. The van der Waals surface area contributed by atoms with Crippen molar-refractivity contribution >= 4 is 8.80 Å². The van der Waals surface area contributed by atoms with Gasteiger partial charge in [-0.15, -0.1) is 0 Å². The number of hydrogen-bond acceptors (Lipinski definition) is 4. The van der Waals surface area contributed by atoms with Gasteiger partial charge in [0.15, 0.2) is 0 Å². The van der Waals surface area contributed by atoms with Gasteiger partial charge in [0.1, 0.15) is 0 Å². The molecule has 0 unspecified atom stereocenters. The normalized spacial score (nSPS) is 11.7. The highest BCUT2D eigenvalue weighted by atomic mass is 28.4. The van der Waals surface area contributed by atoms with Crippen LogP contribution in [-0.2, 0) is 19.7 Å². The summed E-state index contributed by atoms with van der Waals surface area (Å²) in [6, 6.07) is 4.84. The zero-order valence-electron chi connectivity index (χ0n) is 10.1. The van der Waals surface area contributed by atoms with Crippen molar-refractivity contribution in [3.63, 3.8) is 0 Å². The Bertz CT molecular complexity index is 282. The fourth-order valence-electron chi connectivity index (χ4n) is 1.61. The number of hydrogen-bond donors (Lipinski definition) is 0. The van der Waals surface area contributed by atoms with Crippen molar-refractivity contribution in [3.8, 4) is 0 Å². The summed E-state index contributed by atoms with van der Waals surface area (Å²) in [5, 5.41) is 0. The van der Waals surface area contributed by atoms with E-state index in [1.165, 1.54) is 5.56 Å². The van der Waals surface area contributed by atoms with Crippen LogP contribution in [0.3, 0.4) is 0 Å². The molecule has 0 N–H and O–H groups in total. The summed E-state index contributed by atoms with van der Waals surface area (Å²) >= 11 is 0. The fourth-order valence-corrected chi connectivity index (χ4v) is 3.33. The molecule has 1 heterocycles. The molecule has 4 nitrogen and oxygen atoms in total. The maximum atomic E-state index is 5.35. The molecule has 0 saturated carbocycles. The van der Waals surface area contributed by atoms with Crippen LogP contribution in [0.15, 0.2) is 24.5 Å². The number of nitrogens with zero attached hydrogens (tertiary/aromatic N) is 1. The molecular formula is C11H19NO3Si. The SMILES string of the molecule is CO[Si](CCCc1cccnc1)(OC)OC. The lowest BCUT2D eigenvalue weighted by atomic mass is 10.2. The molecule has 0 aromatic carbocycles. The molecule has 16 heavy (non-hydrogen) atoms. The summed E-state index contributed by atoms with van der Waals surface area (Å²) < 4.78 is 16.1. The molecule has 0 fully saturated rings. The van der Waals surface area contributed by atoms with Gasteiger partial charge in [-0.05, 0) is 24.5 Å². The first-order valence-electron chi connectivity index (χ1n) is 5.30. The quantitative estimate of drug-likeness (QED) is 0.684. The van der Waals surface area contributed by atoms with Gasteiger partial charge in [-0.2, -0.15) is 0 Å². The Morgan fingerprint density at radius 3 is 2.38 bits per heavy atom. The third kappa shape index (κ3) is 3.68. The second-order valence-electron chi connectivity index (χ2n) is 3.51. The van der Waals surface area contributed by atoms with Gasteiger partial charge >= 0.3 is 8.80 Å². The van der Waals surface area contributed by atoms with E-state index in [-0.39, 0.29) is 0 Å². The van der Waals surface area contributed by atoms with Gasteiger partial charge < -0.3 is 13.3 Å². The molecule has 1 rings (SSSR count). The third-order valence-electron chi connectivity index (χ3n) is 2.60. The van der Waals surface area contributed by atoms with Crippen LogP contribution < -0.4 is 0 Å². The summed E-state index contributed by atoms with van der Waals surface area (Å²) in [5.41, 5.74) is 1.23. The zero-order valence-corrected chi connectivity index (χ0v) is 11.1. The molecule has 0 spiro atoms. The Kier molecular flexibility index (Phi) is 5.62. The Morgan fingerprint density at radius 2 is 1.88 bits per heavy atom. The largest absolute Gasteiger partial charge is 0.500 e. The highest BCUT2D eigenvalue weighted by Crippen LogP contribution is 2.16. The molecule has 0 aliphatic rings. The molecule has 0 bridgehead atoms. The number of pyridine rings is 1. The minimum Gasteiger partial charge on any atom is -0.377 e. The number of aromatic nitrogens is 1. The molecule has 0 aliphatic heterocycles. The summed E-state index contributed by atoms with van der Waals surface area (Å²) in [6.07, 6.45) is 5.61. The van der Waals surface area contributed by atoms with E-state index < -0.39 is 8.80 Å². The van der Waals surface area contributed by atoms with E-state index in [9.17, 15) is 0 Å². The van der Waals surface area contributed by atoms with Gasteiger partial charge in [0, 0.05) is 39.8 Å². The van der Waals surface area contributed by atoms with Crippen LogP contribution in [0.1, 0.15) is 12.0 Å². The predicted molar refractivity (Wildman–Crippen MR) is 64.1 cm³/mol. The number of aryl methyl sites for hydroxylation is 1. The van der Waals surface area contributed by atoms with Crippen LogP contribution in [0.5, 0.6) is 0 Å². The second kappa shape index (κ2) is 6.75. The number of rotatable bonds is 7. The lowest BCUT2D eigenvalue weighted by Gasteiger charge is -2.24. The first kappa shape index (κ1) is 13.3. The predicted octanol–water partition coefficient (Wildman–Crippen LogP) is 1.89. The van der Waals surface area contributed by atoms with Gasteiger partial charge in [0.25, 0.3) is 0 Å². The summed E-state index contributed by atoms with van der Waals surface area (Å²) in [7, 11) is 2.53. The van der Waals surface area contributed by atoms with Crippen molar-refractivity contribution in [1.29, 1.82) is 0 Å². The summed E-state index contributed by atoms with van der Waals surface area (Å²) in [6.45, 7) is 0. The first-order valence-corrected chi connectivity index (χ1v) is 7.24. The minimum atomic E-state index is -2.39. The van der Waals surface area contributed by atoms with E-state index in [1.54, 1.807) is 27.5 Å². The first-order chi connectivity index (χ1) is 7.76. The standard InChI is InChI=1S/C11H19NO3Si/c1-13-16(14-2,15-3)9-5-7-11-6-4-8-12-10-11/h4,6,8,10H,5,7,9H2,1-3H3. The van der Waals surface area contributed by atoms with Gasteiger partial charge in [-0.1, -0.05) is 6.07 Å². The van der Waals surface area contributed by atoms with E-state index in [1.807, 2.05) is 12.3 Å². The molecule has 5 heteroatoms. The van der Waals surface area contributed by atoms with Crippen LogP contribution >= 0.6 is 0 Å². The average molecular weight is 241 g/mol. The van der Waals surface area contributed by atoms with Crippen LogP contribution in [0.4, 0.5) is 0 Å². The van der Waals surface area contributed by atoms with Crippen molar-refractivity contribution in [3.05, 3.63) is 30.1 Å². The Balaban J connectivity index is 2.39. The Hall–Kier alpha value is -0.753. The molecule has 0 amide bonds. The molecule has 90 valence electrons.